The minimum atomic E-state index is -0.409. The van der Waals surface area contributed by atoms with Crippen molar-refractivity contribution in [3.8, 4) is 5.75 Å². The number of amides is 1. The molecule has 7 heteroatoms. The quantitative estimate of drug-likeness (QED) is 0.666. The summed E-state index contributed by atoms with van der Waals surface area (Å²) in [5.41, 5.74) is 0.776. The van der Waals surface area contributed by atoms with Crippen LogP contribution in [-0.4, -0.2) is 29.6 Å². The number of hydrogen-bond donors (Lipinski definition) is 2. The molecular weight excluding hydrogens is 404 g/mol. The highest BCUT2D eigenvalue weighted by molar-refractivity contribution is 6.32. The van der Waals surface area contributed by atoms with E-state index < -0.39 is 5.63 Å². The van der Waals surface area contributed by atoms with Gasteiger partial charge in [0, 0.05) is 34.6 Å². The Morgan fingerprint density at radius 1 is 1.23 bits per heavy atom. The molecule has 0 unspecified atom stereocenters. The van der Waals surface area contributed by atoms with Crippen LogP contribution in [-0.2, 0) is 11.2 Å². The Morgan fingerprint density at radius 3 is 2.53 bits per heavy atom. The minimum absolute atomic E-state index is 0.0596. The molecule has 0 radical (unpaired) electrons. The van der Waals surface area contributed by atoms with Crippen molar-refractivity contribution in [2.75, 3.05) is 6.61 Å². The van der Waals surface area contributed by atoms with Crippen molar-refractivity contribution >= 4 is 28.5 Å². The van der Waals surface area contributed by atoms with Crippen molar-refractivity contribution < 1.29 is 13.9 Å². The molecule has 6 nitrogen and oxygen atoms in total. The number of halogens is 1. The van der Waals surface area contributed by atoms with Crippen LogP contribution in [0.15, 0.2) is 27.4 Å². The summed E-state index contributed by atoms with van der Waals surface area (Å²) in [5.74, 6) is 0.118. The van der Waals surface area contributed by atoms with Crippen LogP contribution >= 0.6 is 11.6 Å². The molecule has 0 spiro atoms. The largest absolute Gasteiger partial charge is 0.482 e. The van der Waals surface area contributed by atoms with Gasteiger partial charge >= 0.3 is 5.63 Å². The minimum Gasteiger partial charge on any atom is -0.482 e. The maximum absolute atomic E-state index is 12.5. The fraction of sp³-hybridized carbons (Fsp3) is 0.565. The van der Waals surface area contributed by atoms with Gasteiger partial charge < -0.3 is 19.8 Å². The van der Waals surface area contributed by atoms with E-state index in [1.165, 1.54) is 6.07 Å². The molecule has 30 heavy (non-hydrogen) atoms. The van der Waals surface area contributed by atoms with Gasteiger partial charge in [-0.2, -0.15) is 0 Å². The second kappa shape index (κ2) is 8.60. The van der Waals surface area contributed by atoms with Crippen molar-refractivity contribution in [1.82, 2.24) is 10.6 Å². The smallest absolute Gasteiger partial charge is 0.336 e. The average molecular weight is 435 g/mol. The van der Waals surface area contributed by atoms with Gasteiger partial charge in [0.25, 0.3) is 5.91 Å². The summed E-state index contributed by atoms with van der Waals surface area (Å²) in [5, 5.41) is 7.84. The molecule has 1 aromatic carbocycles. The first-order chi connectivity index (χ1) is 14.0. The van der Waals surface area contributed by atoms with Crippen molar-refractivity contribution in [2.45, 2.75) is 77.4 Å². The Bertz CT molecular complexity index is 981. The first-order valence-electron chi connectivity index (χ1n) is 10.5. The van der Waals surface area contributed by atoms with E-state index in [0.717, 1.165) is 36.6 Å². The number of nitrogens with one attached hydrogen (secondary N) is 2. The molecule has 2 heterocycles. The molecule has 1 aliphatic rings. The van der Waals surface area contributed by atoms with Crippen molar-refractivity contribution in [1.29, 1.82) is 0 Å². The number of fused-ring (bicyclic) bond motifs is 1. The molecule has 164 valence electrons. The molecule has 2 N–H and O–H groups in total. The number of aryl methyl sites for hydroxylation is 1. The monoisotopic (exact) mass is 434 g/mol. The SMILES string of the molecule is CCCc1cc(=O)oc2cc(OCC(=O)NC3CC(C)(C)NC(C)(C)C3)c(Cl)cc12. The molecule has 3 rings (SSSR count). The van der Waals surface area contributed by atoms with Gasteiger partial charge in [-0.05, 0) is 58.6 Å². The van der Waals surface area contributed by atoms with Crippen LogP contribution < -0.4 is 21.0 Å². The van der Waals surface area contributed by atoms with Gasteiger partial charge in [-0.3, -0.25) is 4.79 Å². The summed E-state index contributed by atoms with van der Waals surface area (Å²) >= 11 is 6.38. The highest BCUT2D eigenvalue weighted by Gasteiger charge is 2.38. The zero-order valence-corrected chi connectivity index (χ0v) is 19.1. The fourth-order valence-electron chi connectivity index (χ4n) is 4.65. The van der Waals surface area contributed by atoms with E-state index in [0.29, 0.717) is 16.4 Å². The van der Waals surface area contributed by atoms with Gasteiger partial charge in [0.05, 0.1) is 5.02 Å². The molecule has 1 aromatic heterocycles. The second-order valence-corrected chi connectivity index (χ2v) is 9.88. The molecule has 0 saturated carbocycles. The molecule has 0 aliphatic carbocycles. The van der Waals surface area contributed by atoms with Gasteiger partial charge in [0.2, 0.25) is 0 Å². The van der Waals surface area contributed by atoms with Gasteiger partial charge in [-0.25, -0.2) is 4.79 Å². The molecule has 1 amide bonds. The molecule has 0 bridgehead atoms. The maximum Gasteiger partial charge on any atom is 0.336 e. The Morgan fingerprint density at radius 2 is 1.90 bits per heavy atom. The van der Waals surface area contributed by atoms with Gasteiger partial charge in [0.15, 0.2) is 6.61 Å². The number of ether oxygens (including phenoxy) is 1. The number of carbonyl (C=O) groups is 1. The third kappa shape index (κ3) is 5.55. The highest BCUT2D eigenvalue weighted by Crippen LogP contribution is 2.32. The van der Waals surface area contributed by atoms with Crippen LogP contribution in [0, 0.1) is 0 Å². The van der Waals surface area contributed by atoms with Crippen LogP contribution in [0.25, 0.3) is 11.0 Å². The maximum atomic E-state index is 12.5. The number of piperidine rings is 1. The summed E-state index contributed by atoms with van der Waals surface area (Å²) in [6.07, 6.45) is 3.33. The molecule has 1 fully saturated rings. The van der Waals surface area contributed by atoms with Crippen molar-refractivity contribution in [2.24, 2.45) is 0 Å². The Hall–Kier alpha value is -2.05. The standard InChI is InChI=1S/C23H31ClN2O4/c1-6-7-14-8-21(28)30-18-10-19(17(24)9-16(14)18)29-13-20(27)25-15-11-22(2,3)26-23(4,5)12-15/h8-10,15,26H,6-7,11-13H2,1-5H3,(H,25,27). The summed E-state index contributed by atoms with van der Waals surface area (Å²) < 4.78 is 11.0. The zero-order valence-electron chi connectivity index (χ0n) is 18.4. The zero-order chi connectivity index (χ0) is 22.1. The van der Waals surface area contributed by atoms with Crippen molar-refractivity contribution in [3.05, 3.63) is 39.2 Å². The van der Waals surface area contributed by atoms with E-state index in [9.17, 15) is 9.59 Å². The molecule has 0 atom stereocenters. The van der Waals surface area contributed by atoms with E-state index in [2.05, 4.69) is 38.3 Å². The Kier molecular flexibility index (Phi) is 6.48. The number of rotatable bonds is 6. The van der Waals surface area contributed by atoms with E-state index >= 15 is 0 Å². The van der Waals surface area contributed by atoms with E-state index in [-0.39, 0.29) is 29.6 Å². The highest BCUT2D eigenvalue weighted by atomic mass is 35.5. The fourth-order valence-corrected chi connectivity index (χ4v) is 4.87. The van der Waals surface area contributed by atoms with Gasteiger partial charge in [0.1, 0.15) is 11.3 Å². The lowest BCUT2D eigenvalue weighted by Gasteiger charge is -2.46. The Labute approximate surface area is 182 Å². The van der Waals surface area contributed by atoms with Crippen LogP contribution in [0.5, 0.6) is 5.75 Å². The van der Waals surface area contributed by atoms with Crippen LogP contribution in [0.2, 0.25) is 5.02 Å². The van der Waals surface area contributed by atoms with Crippen LogP contribution in [0.3, 0.4) is 0 Å². The molecule has 2 aromatic rings. The topological polar surface area (TPSA) is 80.6 Å². The third-order valence-electron chi connectivity index (χ3n) is 5.32. The number of hydrogen-bond acceptors (Lipinski definition) is 5. The Balaban J connectivity index is 1.70. The molecule has 1 aliphatic heterocycles. The second-order valence-electron chi connectivity index (χ2n) is 9.47. The van der Waals surface area contributed by atoms with E-state index in [1.54, 1.807) is 12.1 Å². The van der Waals surface area contributed by atoms with Crippen molar-refractivity contribution in [3.63, 3.8) is 0 Å². The lowest BCUT2D eigenvalue weighted by Crippen LogP contribution is -2.62. The summed E-state index contributed by atoms with van der Waals surface area (Å²) in [6.45, 7) is 10.4. The lowest BCUT2D eigenvalue weighted by molar-refractivity contribution is -0.124. The van der Waals surface area contributed by atoms with Crippen LogP contribution in [0.4, 0.5) is 0 Å². The average Bonchev–Trinajstić information content (AvgIpc) is 2.58. The predicted octanol–water partition coefficient (Wildman–Crippen LogP) is 4.20. The van der Waals surface area contributed by atoms with Gasteiger partial charge in [-0.15, -0.1) is 0 Å². The summed E-state index contributed by atoms with van der Waals surface area (Å²) in [4.78, 5) is 24.4. The number of benzene rings is 1. The summed E-state index contributed by atoms with van der Waals surface area (Å²) in [7, 11) is 0. The molecule has 1 saturated heterocycles. The lowest BCUT2D eigenvalue weighted by atomic mass is 9.79. The first kappa shape index (κ1) is 22.6. The number of carbonyl (C=O) groups excluding carboxylic acids is 1. The van der Waals surface area contributed by atoms with E-state index in [1.807, 2.05) is 6.92 Å². The normalized spacial score (nSPS) is 18.3. The predicted molar refractivity (Wildman–Crippen MR) is 119 cm³/mol. The summed E-state index contributed by atoms with van der Waals surface area (Å²) in [6, 6.07) is 4.88. The first-order valence-corrected chi connectivity index (χ1v) is 10.8. The van der Waals surface area contributed by atoms with E-state index in [4.69, 9.17) is 20.8 Å². The third-order valence-corrected chi connectivity index (χ3v) is 5.61. The van der Waals surface area contributed by atoms with Gasteiger partial charge in [-0.1, -0.05) is 24.9 Å². The van der Waals surface area contributed by atoms with Crippen LogP contribution in [0.1, 0.15) is 59.4 Å². The molecular formula is C23H31ClN2O4.